The van der Waals surface area contributed by atoms with Crippen LogP contribution in [0.2, 0.25) is 10.0 Å². The summed E-state index contributed by atoms with van der Waals surface area (Å²) in [6.07, 6.45) is 0.315. The molecule has 0 spiro atoms. The molecule has 0 fully saturated rings. The van der Waals surface area contributed by atoms with E-state index in [4.69, 9.17) is 27.9 Å². The molecule has 8 nitrogen and oxygen atoms in total. The minimum absolute atomic E-state index is 0.0102. The van der Waals surface area contributed by atoms with Gasteiger partial charge in [0.2, 0.25) is 11.8 Å². The number of sulfonamides is 1. The minimum Gasteiger partial charge on any atom is -0.497 e. The van der Waals surface area contributed by atoms with Crippen LogP contribution in [0.15, 0.2) is 77.7 Å². The summed E-state index contributed by atoms with van der Waals surface area (Å²) in [5.74, 6) is -0.321. The van der Waals surface area contributed by atoms with Gasteiger partial charge in [-0.1, -0.05) is 60.5 Å². The lowest BCUT2D eigenvalue weighted by molar-refractivity contribution is -0.140. The molecule has 0 bridgehead atoms. The maximum Gasteiger partial charge on any atom is 0.264 e. The van der Waals surface area contributed by atoms with Crippen molar-refractivity contribution in [1.82, 2.24) is 10.2 Å². The van der Waals surface area contributed by atoms with Crippen LogP contribution in [-0.4, -0.2) is 51.4 Å². The molecule has 3 aromatic carbocycles. The minimum atomic E-state index is -4.21. The summed E-state index contributed by atoms with van der Waals surface area (Å²) in [5, 5.41) is 3.19. The van der Waals surface area contributed by atoms with Gasteiger partial charge in [0.05, 0.1) is 17.7 Å². The molecular formula is C28H31Cl2N3O5S. The van der Waals surface area contributed by atoms with Gasteiger partial charge in [-0.05, 0) is 61.4 Å². The molecule has 1 atom stereocenters. The number of anilines is 1. The Labute approximate surface area is 239 Å². The van der Waals surface area contributed by atoms with Crippen LogP contribution < -0.4 is 14.4 Å². The Balaban J connectivity index is 2.09. The van der Waals surface area contributed by atoms with Crippen LogP contribution in [0.1, 0.15) is 25.8 Å². The lowest BCUT2D eigenvalue weighted by atomic mass is 10.1. The van der Waals surface area contributed by atoms with Crippen LogP contribution in [-0.2, 0) is 26.2 Å². The van der Waals surface area contributed by atoms with Crippen LogP contribution in [0.5, 0.6) is 5.75 Å². The number of benzene rings is 3. The van der Waals surface area contributed by atoms with Crippen LogP contribution in [0.4, 0.5) is 5.69 Å². The number of methoxy groups -OCH3 is 1. The van der Waals surface area contributed by atoms with Gasteiger partial charge in [0.25, 0.3) is 10.0 Å². The predicted octanol–water partition coefficient (Wildman–Crippen LogP) is 5.14. The molecule has 0 heterocycles. The number of hydrogen-bond donors (Lipinski definition) is 1. The summed E-state index contributed by atoms with van der Waals surface area (Å²) in [5.41, 5.74) is 0.839. The zero-order chi connectivity index (χ0) is 28.6. The van der Waals surface area contributed by atoms with Crippen molar-refractivity contribution in [3.05, 3.63) is 88.4 Å². The SMILES string of the molecule is CCNC(=O)C(CC)N(Cc1cccc(OC)c1)C(=O)CN(c1cc(Cl)cc(Cl)c1)S(=O)(=O)c1ccccc1. The molecule has 0 saturated heterocycles. The Hall–Kier alpha value is -3.27. The standard InChI is InChI=1S/C28H31Cl2N3O5S/c1-4-26(28(35)31-5-2)32(18-20-10-9-11-24(14-20)38-3)27(34)19-33(23-16-21(29)15-22(30)17-23)39(36,37)25-12-7-6-8-13-25/h6-17,26H,4-5,18-19H2,1-3H3,(H,31,35). The number of nitrogens with zero attached hydrogens (tertiary/aromatic N) is 2. The molecule has 1 unspecified atom stereocenters. The summed E-state index contributed by atoms with van der Waals surface area (Å²) < 4.78 is 33.9. The molecule has 0 radical (unpaired) electrons. The highest BCUT2D eigenvalue weighted by atomic mass is 35.5. The lowest BCUT2D eigenvalue weighted by Crippen LogP contribution is -2.52. The monoisotopic (exact) mass is 591 g/mol. The molecule has 0 aliphatic carbocycles. The number of amides is 2. The van der Waals surface area contributed by atoms with Crippen molar-refractivity contribution in [3.8, 4) is 5.75 Å². The second-order valence-corrected chi connectivity index (χ2v) is 11.4. The Morgan fingerprint density at radius 2 is 1.62 bits per heavy atom. The number of hydrogen-bond acceptors (Lipinski definition) is 5. The van der Waals surface area contributed by atoms with Gasteiger partial charge < -0.3 is 15.0 Å². The molecule has 3 aromatic rings. The molecule has 208 valence electrons. The van der Waals surface area contributed by atoms with E-state index in [0.717, 1.165) is 4.31 Å². The van der Waals surface area contributed by atoms with Gasteiger partial charge in [0, 0.05) is 23.1 Å². The molecule has 0 saturated carbocycles. The summed E-state index contributed by atoms with van der Waals surface area (Å²) in [6, 6.07) is 18.4. The molecule has 11 heteroatoms. The van der Waals surface area contributed by atoms with Gasteiger partial charge in [-0.15, -0.1) is 0 Å². The van der Waals surface area contributed by atoms with Gasteiger partial charge in [0.15, 0.2) is 0 Å². The Kier molecular flexibility index (Phi) is 10.6. The van der Waals surface area contributed by atoms with Gasteiger partial charge in [-0.25, -0.2) is 8.42 Å². The van der Waals surface area contributed by atoms with E-state index in [2.05, 4.69) is 5.32 Å². The maximum absolute atomic E-state index is 14.0. The van der Waals surface area contributed by atoms with Crippen molar-refractivity contribution in [3.63, 3.8) is 0 Å². The van der Waals surface area contributed by atoms with Crippen molar-refractivity contribution < 1.29 is 22.7 Å². The molecule has 0 aromatic heterocycles. The molecule has 0 aliphatic heterocycles. The average Bonchev–Trinajstić information content (AvgIpc) is 2.91. The molecular weight excluding hydrogens is 561 g/mol. The van der Waals surface area contributed by atoms with E-state index in [0.29, 0.717) is 24.3 Å². The smallest absolute Gasteiger partial charge is 0.264 e. The van der Waals surface area contributed by atoms with Gasteiger partial charge in [-0.2, -0.15) is 0 Å². The molecule has 0 aliphatic rings. The Morgan fingerprint density at radius 3 is 2.21 bits per heavy atom. The van der Waals surface area contributed by atoms with E-state index in [9.17, 15) is 18.0 Å². The third kappa shape index (κ3) is 7.65. The van der Waals surface area contributed by atoms with Crippen LogP contribution in [0.3, 0.4) is 0 Å². The third-order valence-electron chi connectivity index (χ3n) is 5.97. The number of carbonyl (C=O) groups is 2. The topological polar surface area (TPSA) is 96.0 Å². The lowest BCUT2D eigenvalue weighted by Gasteiger charge is -2.33. The van der Waals surface area contributed by atoms with E-state index in [1.165, 1.54) is 42.3 Å². The van der Waals surface area contributed by atoms with Crippen molar-refractivity contribution in [1.29, 1.82) is 0 Å². The predicted molar refractivity (Wildman–Crippen MR) is 154 cm³/mol. The van der Waals surface area contributed by atoms with Gasteiger partial charge in [-0.3, -0.25) is 13.9 Å². The van der Waals surface area contributed by atoms with Crippen molar-refractivity contribution >= 4 is 50.7 Å². The van der Waals surface area contributed by atoms with Crippen molar-refractivity contribution in [2.45, 2.75) is 37.8 Å². The first-order valence-corrected chi connectivity index (χ1v) is 14.5. The van der Waals surface area contributed by atoms with Gasteiger partial charge >= 0.3 is 0 Å². The molecule has 1 N–H and O–H groups in total. The van der Waals surface area contributed by atoms with Crippen molar-refractivity contribution in [2.24, 2.45) is 0 Å². The van der Waals surface area contributed by atoms with Crippen molar-refractivity contribution in [2.75, 3.05) is 24.5 Å². The summed E-state index contributed by atoms with van der Waals surface area (Å²) in [7, 11) is -2.68. The summed E-state index contributed by atoms with van der Waals surface area (Å²) in [6.45, 7) is 3.43. The number of carbonyl (C=O) groups excluding carboxylic acids is 2. The van der Waals surface area contributed by atoms with Crippen LogP contribution >= 0.6 is 23.2 Å². The van der Waals surface area contributed by atoms with Crippen LogP contribution in [0.25, 0.3) is 0 Å². The Morgan fingerprint density at radius 1 is 0.949 bits per heavy atom. The number of nitrogens with one attached hydrogen (secondary N) is 1. The second kappa shape index (κ2) is 13.7. The van der Waals surface area contributed by atoms with Crippen LogP contribution in [0, 0.1) is 0 Å². The van der Waals surface area contributed by atoms with E-state index in [1.54, 1.807) is 50.2 Å². The highest BCUT2D eigenvalue weighted by molar-refractivity contribution is 7.92. The number of likely N-dealkylation sites (N-methyl/N-ethyl adjacent to an activating group) is 1. The summed E-state index contributed by atoms with van der Waals surface area (Å²) in [4.78, 5) is 28.4. The number of halogens is 2. The molecule has 3 rings (SSSR count). The van der Waals surface area contributed by atoms with Gasteiger partial charge in [0.1, 0.15) is 18.3 Å². The highest BCUT2D eigenvalue weighted by Gasteiger charge is 2.33. The fraction of sp³-hybridized carbons (Fsp3) is 0.286. The fourth-order valence-electron chi connectivity index (χ4n) is 4.11. The van der Waals surface area contributed by atoms with E-state index < -0.39 is 28.5 Å². The number of ether oxygens (including phenoxy) is 1. The highest BCUT2D eigenvalue weighted by Crippen LogP contribution is 2.30. The summed E-state index contributed by atoms with van der Waals surface area (Å²) >= 11 is 12.4. The Bertz CT molecular complexity index is 1380. The largest absolute Gasteiger partial charge is 0.497 e. The second-order valence-electron chi connectivity index (χ2n) is 8.64. The first-order chi connectivity index (χ1) is 18.6. The first kappa shape index (κ1) is 30.3. The first-order valence-electron chi connectivity index (χ1n) is 12.3. The zero-order valence-electron chi connectivity index (χ0n) is 21.9. The third-order valence-corrected chi connectivity index (χ3v) is 8.19. The van der Waals surface area contributed by atoms with E-state index in [-0.39, 0.29) is 33.1 Å². The van der Waals surface area contributed by atoms with E-state index >= 15 is 0 Å². The normalized spacial score (nSPS) is 11.9. The molecule has 39 heavy (non-hydrogen) atoms. The maximum atomic E-state index is 14.0. The zero-order valence-corrected chi connectivity index (χ0v) is 24.3. The average molecular weight is 593 g/mol. The van der Waals surface area contributed by atoms with E-state index in [1.807, 2.05) is 6.07 Å². The molecule has 2 amide bonds. The fourth-order valence-corrected chi connectivity index (χ4v) is 6.04. The quantitative estimate of drug-likeness (QED) is 0.314. The number of rotatable bonds is 12.